The number of para-hydroxylation sites is 2. The van der Waals surface area contributed by atoms with Crippen LogP contribution in [0.5, 0.6) is 5.75 Å². The van der Waals surface area contributed by atoms with Crippen LogP contribution in [0.1, 0.15) is 109 Å². The van der Waals surface area contributed by atoms with E-state index in [1.807, 2.05) is 0 Å². The highest BCUT2D eigenvalue weighted by molar-refractivity contribution is 6.11. The Kier molecular flexibility index (Phi) is 14.0. The van der Waals surface area contributed by atoms with Gasteiger partial charge in [-0.1, -0.05) is 151 Å². The molecule has 4 heteroatoms. The van der Waals surface area contributed by atoms with Crippen molar-refractivity contribution in [1.29, 1.82) is 0 Å². The van der Waals surface area contributed by atoms with Gasteiger partial charge >= 0.3 is 0 Å². The number of ether oxygens (including phenoxy) is 2. The molecule has 0 saturated carbocycles. The first-order valence-corrected chi connectivity index (χ1v) is 26.2. The Morgan fingerprint density at radius 1 is 0.577 bits per heavy atom. The first-order valence-electron chi connectivity index (χ1n) is 26.2. The smallest absolute Gasteiger partial charge is 0.119 e. The summed E-state index contributed by atoms with van der Waals surface area (Å²) in [5.74, 6) is 1.89. The van der Waals surface area contributed by atoms with Gasteiger partial charge in [0.25, 0.3) is 0 Å². The van der Waals surface area contributed by atoms with Crippen molar-refractivity contribution in [2.24, 2.45) is 5.41 Å². The van der Waals surface area contributed by atoms with Gasteiger partial charge in [0.1, 0.15) is 5.75 Å². The van der Waals surface area contributed by atoms with E-state index >= 15 is 0 Å². The molecule has 0 N–H and O–H groups in total. The van der Waals surface area contributed by atoms with Crippen molar-refractivity contribution in [1.82, 2.24) is 4.57 Å². The highest BCUT2D eigenvalue weighted by Gasteiger charge is 2.35. The lowest BCUT2D eigenvalue weighted by Crippen LogP contribution is -2.41. The molecule has 71 heavy (non-hydrogen) atoms. The number of anilines is 3. The summed E-state index contributed by atoms with van der Waals surface area (Å²) in [7, 11) is 0. The summed E-state index contributed by atoms with van der Waals surface area (Å²) in [6.45, 7) is 16.5. The molecule has 1 saturated heterocycles. The zero-order chi connectivity index (χ0) is 49.0. The molecule has 10 rings (SSSR count). The van der Waals surface area contributed by atoms with Crippen LogP contribution in [0.4, 0.5) is 17.1 Å². The maximum Gasteiger partial charge on any atom is 0.119 e. The molecule has 2 atom stereocenters. The molecule has 1 aliphatic rings. The summed E-state index contributed by atoms with van der Waals surface area (Å²) in [6, 6.07) is 71.7. The number of benzene rings is 8. The highest BCUT2D eigenvalue weighted by atomic mass is 16.5. The van der Waals surface area contributed by atoms with Crippen LogP contribution < -0.4 is 9.64 Å². The zero-order valence-electron chi connectivity index (χ0n) is 42.7. The second-order valence-electron chi connectivity index (χ2n) is 21.2. The molecule has 2 heterocycles. The Morgan fingerprint density at radius 3 is 1.61 bits per heavy atom. The van der Waals surface area contributed by atoms with Crippen LogP contribution in [0.3, 0.4) is 0 Å². The third-order valence-corrected chi connectivity index (χ3v) is 15.5. The molecule has 0 aliphatic carbocycles. The van der Waals surface area contributed by atoms with E-state index in [0.29, 0.717) is 17.3 Å². The SMILES string of the molecule is CCC(CC(C)c1ccc(-c2ccc3c(c2)c2cc(-c4ccc(N(c5ccccc5)c5ccccc5)cc4)ccc2n3-c2ccc(C(C)(C)C)cc2)cc1)c1ccc(OCCCCC2(CC)COC2)cc1. The number of rotatable bonds is 18. The molecule has 1 aromatic heterocycles. The maximum atomic E-state index is 6.18. The van der Waals surface area contributed by atoms with Crippen molar-refractivity contribution >= 4 is 38.9 Å². The van der Waals surface area contributed by atoms with E-state index in [1.165, 1.54) is 85.7 Å². The van der Waals surface area contributed by atoms with Crippen molar-refractivity contribution in [3.8, 4) is 33.7 Å². The van der Waals surface area contributed by atoms with Gasteiger partial charge in [-0.2, -0.15) is 0 Å². The summed E-state index contributed by atoms with van der Waals surface area (Å²) in [5, 5.41) is 2.49. The third kappa shape index (κ3) is 10.3. The Balaban J connectivity index is 0.896. The fourth-order valence-corrected chi connectivity index (χ4v) is 10.8. The normalized spacial score (nSPS) is 14.3. The van der Waals surface area contributed by atoms with E-state index in [2.05, 4.69) is 245 Å². The van der Waals surface area contributed by atoms with Crippen LogP contribution in [-0.2, 0) is 10.2 Å². The first kappa shape index (κ1) is 47.8. The topological polar surface area (TPSA) is 26.6 Å². The number of hydrogen-bond donors (Lipinski definition) is 0. The molecule has 0 bridgehead atoms. The number of aromatic nitrogens is 1. The maximum absolute atomic E-state index is 6.18. The molecule has 360 valence electrons. The highest BCUT2D eigenvalue weighted by Crippen LogP contribution is 2.41. The summed E-state index contributed by atoms with van der Waals surface area (Å²) in [4.78, 5) is 2.31. The average Bonchev–Trinajstić information content (AvgIpc) is 3.72. The molecule has 9 aromatic rings. The van der Waals surface area contributed by atoms with Gasteiger partial charge in [-0.3, -0.25) is 0 Å². The van der Waals surface area contributed by atoms with Crippen molar-refractivity contribution in [3.63, 3.8) is 0 Å². The van der Waals surface area contributed by atoms with E-state index in [4.69, 9.17) is 9.47 Å². The fourth-order valence-electron chi connectivity index (χ4n) is 10.8. The van der Waals surface area contributed by atoms with Crippen molar-refractivity contribution in [3.05, 3.63) is 211 Å². The standard InChI is InChI=1S/C67H70N2O2/c1-7-49(51-27-37-61(38-28-51)71-42-16-15-41-67(8-2)46-70-47-67)43-48(3)50-21-23-52(24-22-50)54-29-39-64-62(44-54)63-45-55(30-40-65(63)69(64)60-35-31-56(32-36-60)66(4,5)6)53-25-33-59(34-26-53)68(57-17-11-9-12-18-57)58-19-13-10-14-20-58/h9-14,17-40,44-45,48-49H,7-8,15-16,41-43,46-47H2,1-6H3. The number of nitrogens with zero attached hydrogens (tertiary/aromatic N) is 2. The van der Waals surface area contributed by atoms with Crippen LogP contribution in [0.25, 0.3) is 49.7 Å². The van der Waals surface area contributed by atoms with Gasteiger partial charge in [0, 0.05) is 38.9 Å². The lowest BCUT2D eigenvalue weighted by atomic mass is 9.78. The average molecular weight is 935 g/mol. The second-order valence-corrected chi connectivity index (χ2v) is 21.2. The van der Waals surface area contributed by atoms with Gasteiger partial charge < -0.3 is 18.9 Å². The molecule has 0 amide bonds. The predicted molar refractivity (Wildman–Crippen MR) is 300 cm³/mol. The second kappa shape index (κ2) is 20.8. The largest absolute Gasteiger partial charge is 0.494 e. The van der Waals surface area contributed by atoms with Crippen LogP contribution >= 0.6 is 0 Å². The summed E-state index contributed by atoms with van der Waals surface area (Å²) in [5.41, 5.74) is 16.4. The molecule has 0 radical (unpaired) electrons. The molecular weight excluding hydrogens is 865 g/mol. The predicted octanol–water partition coefficient (Wildman–Crippen LogP) is 18.5. The Hall–Kier alpha value is -6.88. The van der Waals surface area contributed by atoms with E-state index < -0.39 is 0 Å². The first-order chi connectivity index (χ1) is 34.6. The van der Waals surface area contributed by atoms with Gasteiger partial charge in [0.05, 0.1) is 30.9 Å². The molecule has 8 aromatic carbocycles. The van der Waals surface area contributed by atoms with Gasteiger partial charge in [-0.05, 0) is 180 Å². The van der Waals surface area contributed by atoms with E-state index in [0.717, 1.165) is 61.9 Å². The minimum absolute atomic E-state index is 0.0781. The van der Waals surface area contributed by atoms with Crippen LogP contribution in [0.2, 0.25) is 0 Å². The summed E-state index contributed by atoms with van der Waals surface area (Å²) >= 11 is 0. The molecule has 1 fully saturated rings. The van der Waals surface area contributed by atoms with Gasteiger partial charge in [0.2, 0.25) is 0 Å². The van der Waals surface area contributed by atoms with Crippen molar-refractivity contribution < 1.29 is 9.47 Å². The lowest BCUT2D eigenvalue weighted by Gasteiger charge is -2.41. The van der Waals surface area contributed by atoms with Gasteiger partial charge in [-0.25, -0.2) is 0 Å². The molecule has 1 aliphatic heterocycles. The Labute approximate surface area is 422 Å². The lowest BCUT2D eigenvalue weighted by molar-refractivity contribution is -0.120. The van der Waals surface area contributed by atoms with E-state index in [-0.39, 0.29) is 5.41 Å². The summed E-state index contributed by atoms with van der Waals surface area (Å²) in [6.07, 6.45) is 6.94. The number of hydrogen-bond acceptors (Lipinski definition) is 3. The third-order valence-electron chi connectivity index (χ3n) is 15.5. The quantitative estimate of drug-likeness (QED) is 0.0802. The number of unbranched alkanes of at least 4 members (excludes halogenated alkanes) is 1. The number of fused-ring (bicyclic) bond motifs is 3. The van der Waals surface area contributed by atoms with Crippen LogP contribution in [-0.4, -0.2) is 24.4 Å². The minimum atomic E-state index is 0.0781. The summed E-state index contributed by atoms with van der Waals surface area (Å²) < 4.78 is 14.1. The van der Waals surface area contributed by atoms with E-state index in [1.54, 1.807) is 0 Å². The van der Waals surface area contributed by atoms with E-state index in [9.17, 15) is 0 Å². The molecule has 4 nitrogen and oxygen atoms in total. The van der Waals surface area contributed by atoms with Crippen molar-refractivity contribution in [2.75, 3.05) is 24.7 Å². The molecule has 0 spiro atoms. The van der Waals surface area contributed by atoms with Gasteiger partial charge in [0.15, 0.2) is 0 Å². The van der Waals surface area contributed by atoms with Crippen LogP contribution in [0, 0.1) is 5.41 Å². The molecule has 2 unspecified atom stereocenters. The minimum Gasteiger partial charge on any atom is -0.494 e. The van der Waals surface area contributed by atoms with Crippen LogP contribution in [0.15, 0.2) is 194 Å². The fraction of sp³-hybridized carbons (Fsp3) is 0.284. The monoisotopic (exact) mass is 935 g/mol. The zero-order valence-corrected chi connectivity index (χ0v) is 42.7. The Morgan fingerprint density at radius 2 is 1.10 bits per heavy atom. The Bertz CT molecular complexity index is 3120. The van der Waals surface area contributed by atoms with Gasteiger partial charge in [-0.15, -0.1) is 0 Å². The van der Waals surface area contributed by atoms with Crippen molar-refractivity contribution in [2.45, 2.75) is 97.3 Å². The molecular formula is C67H70N2O2.